The van der Waals surface area contributed by atoms with Crippen molar-refractivity contribution in [2.45, 2.75) is 78.4 Å². The Balaban J connectivity index is 1.63. The molecule has 1 N–H and O–H groups in total. The van der Waals surface area contributed by atoms with E-state index in [1.165, 1.54) is 11.1 Å². The number of nitrogens with zero attached hydrogens (tertiary/aromatic N) is 2. The largest absolute Gasteiger partial charge is 0.481 e. The number of allylic oxidation sites excluding steroid dienone is 2. The number of fused-ring (bicyclic) bond motifs is 4. The van der Waals surface area contributed by atoms with Crippen LogP contribution in [-0.4, -0.2) is 46.2 Å². The van der Waals surface area contributed by atoms with Crippen LogP contribution in [0.1, 0.15) is 78.0 Å². The highest BCUT2D eigenvalue weighted by atomic mass is 35.5. The van der Waals surface area contributed by atoms with Gasteiger partial charge < -0.3 is 14.7 Å². The lowest BCUT2D eigenvalue weighted by atomic mass is 9.77. The van der Waals surface area contributed by atoms with E-state index >= 15 is 0 Å². The van der Waals surface area contributed by atoms with Crippen LogP contribution in [0.15, 0.2) is 65.0 Å². The first-order valence-corrected chi connectivity index (χ1v) is 17.1. The fourth-order valence-electron chi connectivity index (χ4n) is 7.67. The average Bonchev–Trinajstić information content (AvgIpc) is 2.96. The van der Waals surface area contributed by atoms with E-state index in [2.05, 4.69) is 94.7 Å². The van der Waals surface area contributed by atoms with Crippen LogP contribution < -0.4 is 9.64 Å². The molecule has 3 aliphatic heterocycles. The van der Waals surface area contributed by atoms with E-state index in [9.17, 15) is 9.90 Å². The van der Waals surface area contributed by atoms with Gasteiger partial charge in [0, 0.05) is 58.1 Å². The van der Waals surface area contributed by atoms with Crippen LogP contribution in [0, 0.1) is 0 Å². The van der Waals surface area contributed by atoms with E-state index in [4.69, 9.17) is 51.1 Å². The zero-order valence-electron chi connectivity index (χ0n) is 27.1. The van der Waals surface area contributed by atoms with Gasteiger partial charge in [-0.15, -0.1) is 0 Å². The van der Waals surface area contributed by atoms with E-state index in [0.717, 1.165) is 45.8 Å². The first kappa shape index (κ1) is 33.2. The molecule has 0 aromatic heterocycles. The molecule has 1 aliphatic carbocycles. The number of hydrogen-bond donors (Lipinski definition) is 1. The van der Waals surface area contributed by atoms with Gasteiger partial charge in [-0.1, -0.05) is 65.5 Å². The van der Waals surface area contributed by atoms with Crippen LogP contribution >= 0.6 is 46.4 Å². The number of benzene rings is 2. The number of ether oxygens (including phenoxy) is 1. The van der Waals surface area contributed by atoms with Gasteiger partial charge in [-0.25, -0.2) is 0 Å². The lowest BCUT2D eigenvalue weighted by Crippen LogP contribution is -2.52. The molecule has 5 nitrogen and oxygen atoms in total. The summed E-state index contributed by atoms with van der Waals surface area (Å²) in [6.07, 6.45) is 9.60. The fraction of sp³-hybridized carbons (Fsp3) is 0.378. The summed E-state index contributed by atoms with van der Waals surface area (Å²) in [7, 11) is 0. The summed E-state index contributed by atoms with van der Waals surface area (Å²) in [4.78, 5) is 16.1. The second kappa shape index (κ2) is 11.8. The Kier molecular flexibility index (Phi) is 8.52. The highest BCUT2D eigenvalue weighted by Crippen LogP contribution is 2.53. The van der Waals surface area contributed by atoms with Gasteiger partial charge in [0.25, 0.3) is 0 Å². The Morgan fingerprint density at radius 3 is 2.28 bits per heavy atom. The van der Waals surface area contributed by atoms with Gasteiger partial charge in [-0.3, -0.25) is 9.69 Å². The topological polar surface area (TPSA) is 53.0 Å². The van der Waals surface area contributed by atoms with Crippen LogP contribution in [0.3, 0.4) is 0 Å². The van der Waals surface area contributed by atoms with Gasteiger partial charge in [0.05, 0.1) is 31.7 Å². The molecule has 4 aliphatic rings. The Hall–Kier alpha value is -2.67. The van der Waals surface area contributed by atoms with Crippen molar-refractivity contribution in [1.29, 1.82) is 0 Å². The predicted molar refractivity (Wildman–Crippen MR) is 192 cm³/mol. The monoisotopic (exact) mass is 698 g/mol. The molecule has 2 aromatic carbocycles. The van der Waals surface area contributed by atoms with Crippen molar-refractivity contribution in [2.24, 2.45) is 0 Å². The van der Waals surface area contributed by atoms with Crippen LogP contribution in [0.4, 0.5) is 5.69 Å². The highest BCUT2D eigenvalue weighted by molar-refractivity contribution is 6.52. The molecule has 1 unspecified atom stereocenters. The van der Waals surface area contributed by atoms with Crippen molar-refractivity contribution in [3.05, 3.63) is 102 Å². The van der Waals surface area contributed by atoms with Gasteiger partial charge in [0.1, 0.15) is 11.5 Å². The molecular formula is C37H38Cl4N2O3. The number of anilines is 1. The molecule has 0 saturated heterocycles. The van der Waals surface area contributed by atoms with Crippen LogP contribution in [0.25, 0.3) is 11.1 Å². The Bertz CT molecular complexity index is 1850. The minimum absolute atomic E-state index is 0.0219. The van der Waals surface area contributed by atoms with Crippen molar-refractivity contribution in [2.75, 3.05) is 18.0 Å². The minimum atomic E-state index is -0.802. The number of aliphatic carboxylic acids is 1. The molecule has 0 amide bonds. The normalized spacial score (nSPS) is 21.2. The molecule has 0 bridgehead atoms. The van der Waals surface area contributed by atoms with Crippen LogP contribution in [-0.2, 0) is 4.79 Å². The molecule has 0 saturated carbocycles. The van der Waals surface area contributed by atoms with Gasteiger partial charge in [-0.2, -0.15) is 0 Å². The summed E-state index contributed by atoms with van der Waals surface area (Å²) in [5.41, 5.74) is 8.40. The molecule has 6 rings (SSSR count). The van der Waals surface area contributed by atoms with E-state index in [0.29, 0.717) is 34.3 Å². The number of hydrogen-bond acceptors (Lipinski definition) is 4. The molecule has 0 spiro atoms. The Morgan fingerprint density at radius 2 is 1.61 bits per heavy atom. The molecule has 0 fully saturated rings. The van der Waals surface area contributed by atoms with Gasteiger partial charge in [0.2, 0.25) is 0 Å². The summed E-state index contributed by atoms with van der Waals surface area (Å²) in [6.45, 7) is 16.7. The Morgan fingerprint density at radius 1 is 0.913 bits per heavy atom. The molecule has 0 radical (unpaired) electrons. The van der Waals surface area contributed by atoms with E-state index in [1.807, 2.05) is 0 Å². The van der Waals surface area contributed by atoms with Crippen molar-refractivity contribution >= 4 is 69.2 Å². The molecule has 2 aromatic rings. The van der Waals surface area contributed by atoms with E-state index in [1.54, 1.807) is 6.07 Å². The minimum Gasteiger partial charge on any atom is -0.481 e. The highest BCUT2D eigenvalue weighted by Gasteiger charge is 2.41. The Labute approximate surface area is 291 Å². The summed E-state index contributed by atoms with van der Waals surface area (Å²) < 4.78 is 6.85. The number of rotatable bonds is 6. The van der Waals surface area contributed by atoms with E-state index < -0.39 is 5.97 Å². The van der Waals surface area contributed by atoms with Crippen molar-refractivity contribution < 1.29 is 14.6 Å². The van der Waals surface area contributed by atoms with Gasteiger partial charge in [0.15, 0.2) is 0 Å². The fourth-order valence-corrected chi connectivity index (χ4v) is 8.57. The number of carboxylic acids is 1. The van der Waals surface area contributed by atoms with Gasteiger partial charge in [-0.05, 0) is 95.5 Å². The molecule has 9 heteroatoms. The van der Waals surface area contributed by atoms with Crippen molar-refractivity contribution in [3.63, 3.8) is 0 Å². The molecule has 242 valence electrons. The average molecular weight is 701 g/mol. The molecule has 46 heavy (non-hydrogen) atoms. The third kappa shape index (κ3) is 5.42. The zero-order chi connectivity index (χ0) is 33.5. The summed E-state index contributed by atoms with van der Waals surface area (Å²) >= 11 is 26.7. The van der Waals surface area contributed by atoms with Crippen LogP contribution in [0.2, 0.25) is 20.1 Å². The maximum absolute atomic E-state index is 11.4. The summed E-state index contributed by atoms with van der Waals surface area (Å²) in [6, 6.07) is 6.04. The van der Waals surface area contributed by atoms with Crippen LogP contribution in [0.5, 0.6) is 5.75 Å². The van der Waals surface area contributed by atoms with Crippen molar-refractivity contribution in [3.8, 4) is 5.75 Å². The second-order valence-corrected chi connectivity index (χ2v) is 15.1. The number of carbonyl (C=O) groups is 1. The summed E-state index contributed by atoms with van der Waals surface area (Å²) in [5, 5.41) is 10.4. The second-order valence-electron chi connectivity index (χ2n) is 13.6. The standard InChI is InChI=1S/C37H38Cl4N2O3/c1-8-42-27-15-29-23(12-21(27)19(2)17-36(42,4)5)32(25-14-26(38)34(40)35(41)33(25)39)24-13-22-20(3)18-37(6,7)43(11-9-10-31(44)45)28(22)16-30(24)46-29/h12-18,27H,8-11H2,1-7H3,(H,44,45). The number of carboxylic acid groups (broad SMARTS) is 1. The predicted octanol–water partition coefficient (Wildman–Crippen LogP) is 10.6. The molecular weight excluding hydrogens is 662 g/mol. The maximum Gasteiger partial charge on any atom is 0.303 e. The third-order valence-electron chi connectivity index (χ3n) is 9.62. The summed E-state index contributed by atoms with van der Waals surface area (Å²) in [5.74, 6) is 0.611. The number of halogens is 4. The first-order chi connectivity index (χ1) is 21.6. The maximum atomic E-state index is 11.4. The quantitative estimate of drug-likeness (QED) is 0.240. The van der Waals surface area contributed by atoms with Gasteiger partial charge >= 0.3 is 5.97 Å². The molecule has 3 heterocycles. The lowest BCUT2D eigenvalue weighted by Gasteiger charge is -2.47. The smallest absolute Gasteiger partial charge is 0.303 e. The SMILES string of the molecule is CCN1C2C=C3Oc4cc5c(cc4C(c4cc(Cl)c(Cl)c(Cl)c4Cl)=C3C=C2C(C)=CC1(C)C)C(C)=CC(C)(C)N5CCCC(=O)O. The first-order valence-electron chi connectivity index (χ1n) is 15.6. The number of likely N-dealkylation sites (N-methyl/N-ethyl adjacent to an activating group) is 1. The zero-order valence-corrected chi connectivity index (χ0v) is 30.1. The third-order valence-corrected chi connectivity index (χ3v) is 11.4. The van der Waals surface area contributed by atoms with E-state index in [-0.39, 0.29) is 33.6 Å². The van der Waals surface area contributed by atoms with Crippen molar-refractivity contribution in [1.82, 2.24) is 4.90 Å². The lowest BCUT2D eigenvalue weighted by molar-refractivity contribution is -0.137. The molecule has 1 atom stereocenters.